The zero-order chi connectivity index (χ0) is 11.4. The Bertz CT molecular complexity index is 361. The minimum Gasteiger partial charge on any atom is -0.494 e. The van der Waals surface area contributed by atoms with Gasteiger partial charge in [0.05, 0.1) is 12.6 Å². The summed E-state index contributed by atoms with van der Waals surface area (Å²) in [7, 11) is 0. The molecule has 1 aromatic rings. The van der Waals surface area contributed by atoms with Crippen LogP contribution in [0, 0.1) is 0 Å². The van der Waals surface area contributed by atoms with E-state index in [1.54, 1.807) is 0 Å². The third kappa shape index (κ3) is 2.66. The maximum absolute atomic E-state index is 10.8. The summed E-state index contributed by atoms with van der Waals surface area (Å²) in [6.07, 6.45) is 0.467. The Labute approximate surface area is 94.6 Å². The average molecular weight is 221 g/mol. The number of benzene rings is 1. The van der Waals surface area contributed by atoms with Crippen molar-refractivity contribution < 1.29 is 14.3 Å². The van der Waals surface area contributed by atoms with Crippen molar-refractivity contribution >= 4 is 6.09 Å². The number of hydrogen-bond donors (Lipinski definition) is 1. The molecule has 16 heavy (non-hydrogen) atoms. The highest BCUT2D eigenvalue weighted by molar-refractivity contribution is 5.69. The predicted molar refractivity (Wildman–Crippen MR) is 59.6 cm³/mol. The van der Waals surface area contributed by atoms with Gasteiger partial charge in [0.15, 0.2) is 0 Å². The van der Waals surface area contributed by atoms with Crippen LogP contribution >= 0.6 is 0 Å². The number of carbonyl (C=O) groups is 1. The summed E-state index contributed by atoms with van der Waals surface area (Å²) in [4.78, 5) is 10.8. The van der Waals surface area contributed by atoms with E-state index in [9.17, 15) is 4.79 Å². The molecule has 2 rings (SSSR count). The Morgan fingerprint density at radius 2 is 2.19 bits per heavy atom. The molecule has 1 N–H and O–H groups in total. The van der Waals surface area contributed by atoms with Gasteiger partial charge in [0.25, 0.3) is 0 Å². The average Bonchev–Trinajstić information content (AvgIpc) is 2.67. The lowest BCUT2D eigenvalue weighted by molar-refractivity contribution is 0.177. The van der Waals surface area contributed by atoms with Crippen LogP contribution in [0.15, 0.2) is 24.3 Å². The molecule has 4 nitrogen and oxygen atoms in total. The van der Waals surface area contributed by atoms with Gasteiger partial charge in [-0.05, 0) is 31.0 Å². The molecule has 1 heterocycles. The topological polar surface area (TPSA) is 47.6 Å². The predicted octanol–water partition coefficient (Wildman–Crippen LogP) is 1.74. The first kappa shape index (κ1) is 10.8. The van der Waals surface area contributed by atoms with Gasteiger partial charge in [-0.1, -0.05) is 12.1 Å². The molecule has 86 valence electrons. The normalized spacial score (nSPS) is 19.1. The molecule has 0 aromatic heterocycles. The monoisotopic (exact) mass is 221 g/mol. The van der Waals surface area contributed by atoms with E-state index in [4.69, 9.17) is 9.47 Å². The fraction of sp³-hybridized carbons (Fsp3) is 0.417. The van der Waals surface area contributed by atoms with E-state index in [2.05, 4.69) is 5.32 Å². The molecule has 0 saturated carbocycles. The third-order valence-electron chi connectivity index (χ3n) is 2.45. The molecule has 1 amide bonds. The van der Waals surface area contributed by atoms with Gasteiger partial charge in [-0.25, -0.2) is 4.79 Å². The van der Waals surface area contributed by atoms with Crippen LogP contribution in [0.2, 0.25) is 0 Å². The Balaban J connectivity index is 1.92. The Kier molecular flexibility index (Phi) is 3.29. The van der Waals surface area contributed by atoms with Gasteiger partial charge >= 0.3 is 6.09 Å². The standard InChI is InChI=1S/C12H15NO3/c1-2-15-11-5-3-9(4-6-11)7-10-8-16-12(14)13-10/h3-6,10H,2,7-8H2,1H3,(H,13,14)/t10-/m0/s1. The summed E-state index contributed by atoms with van der Waals surface area (Å²) in [5, 5.41) is 2.75. The molecular formula is C12H15NO3. The van der Waals surface area contributed by atoms with Gasteiger partial charge in [0.2, 0.25) is 0 Å². The molecule has 0 spiro atoms. The summed E-state index contributed by atoms with van der Waals surface area (Å²) >= 11 is 0. The quantitative estimate of drug-likeness (QED) is 0.842. The van der Waals surface area contributed by atoms with Crippen molar-refractivity contribution in [2.45, 2.75) is 19.4 Å². The van der Waals surface area contributed by atoms with Gasteiger partial charge < -0.3 is 14.8 Å². The molecule has 1 atom stereocenters. The van der Waals surface area contributed by atoms with Gasteiger partial charge in [-0.2, -0.15) is 0 Å². The molecule has 1 fully saturated rings. The van der Waals surface area contributed by atoms with Crippen LogP contribution in [0.4, 0.5) is 4.79 Å². The summed E-state index contributed by atoms with van der Waals surface area (Å²) in [6.45, 7) is 3.08. The van der Waals surface area contributed by atoms with Gasteiger partial charge in [0.1, 0.15) is 12.4 Å². The first-order chi connectivity index (χ1) is 7.78. The SMILES string of the molecule is CCOc1ccc(C[C@H]2COC(=O)N2)cc1. The molecule has 4 heteroatoms. The van der Waals surface area contributed by atoms with Gasteiger partial charge in [-0.3, -0.25) is 0 Å². The summed E-state index contributed by atoms with van der Waals surface area (Å²) in [5.74, 6) is 0.873. The zero-order valence-corrected chi connectivity index (χ0v) is 9.23. The molecule has 0 bridgehead atoms. The summed E-state index contributed by atoms with van der Waals surface area (Å²) in [5.41, 5.74) is 1.17. The first-order valence-corrected chi connectivity index (χ1v) is 5.43. The zero-order valence-electron chi connectivity index (χ0n) is 9.23. The summed E-state index contributed by atoms with van der Waals surface area (Å²) in [6, 6.07) is 7.99. The summed E-state index contributed by atoms with van der Waals surface area (Å²) < 4.78 is 10.2. The smallest absolute Gasteiger partial charge is 0.407 e. The van der Waals surface area contributed by atoms with Crippen molar-refractivity contribution in [3.05, 3.63) is 29.8 Å². The molecule has 1 aromatic carbocycles. The van der Waals surface area contributed by atoms with E-state index in [0.717, 1.165) is 12.2 Å². The number of carbonyl (C=O) groups excluding carboxylic acids is 1. The van der Waals surface area contributed by atoms with E-state index in [1.807, 2.05) is 31.2 Å². The lowest BCUT2D eigenvalue weighted by atomic mass is 10.1. The Hall–Kier alpha value is -1.71. The Morgan fingerprint density at radius 1 is 1.44 bits per heavy atom. The van der Waals surface area contributed by atoms with E-state index >= 15 is 0 Å². The highest BCUT2D eigenvalue weighted by Gasteiger charge is 2.21. The fourth-order valence-corrected chi connectivity index (χ4v) is 1.71. The van der Waals surface area contributed by atoms with Crippen molar-refractivity contribution in [2.75, 3.05) is 13.2 Å². The first-order valence-electron chi connectivity index (χ1n) is 5.43. The minimum absolute atomic E-state index is 0.0884. The maximum Gasteiger partial charge on any atom is 0.407 e. The highest BCUT2D eigenvalue weighted by Crippen LogP contribution is 2.14. The van der Waals surface area contributed by atoms with E-state index in [-0.39, 0.29) is 12.1 Å². The molecule has 1 saturated heterocycles. The van der Waals surface area contributed by atoms with Crippen LogP contribution < -0.4 is 10.1 Å². The maximum atomic E-state index is 10.8. The number of hydrogen-bond acceptors (Lipinski definition) is 3. The molecule has 1 aliphatic rings. The van der Waals surface area contributed by atoms with Crippen molar-refractivity contribution in [3.8, 4) is 5.75 Å². The van der Waals surface area contributed by atoms with Crippen LogP contribution in [-0.4, -0.2) is 25.3 Å². The van der Waals surface area contributed by atoms with Crippen LogP contribution in [0.5, 0.6) is 5.75 Å². The van der Waals surface area contributed by atoms with Gasteiger partial charge in [0, 0.05) is 0 Å². The second kappa shape index (κ2) is 4.88. The van der Waals surface area contributed by atoms with Crippen molar-refractivity contribution in [1.29, 1.82) is 0 Å². The van der Waals surface area contributed by atoms with E-state index in [0.29, 0.717) is 13.2 Å². The number of amides is 1. The van der Waals surface area contributed by atoms with Crippen LogP contribution in [-0.2, 0) is 11.2 Å². The van der Waals surface area contributed by atoms with Gasteiger partial charge in [-0.15, -0.1) is 0 Å². The van der Waals surface area contributed by atoms with E-state index in [1.165, 1.54) is 5.56 Å². The lowest BCUT2D eigenvalue weighted by Gasteiger charge is -2.08. The van der Waals surface area contributed by atoms with Crippen LogP contribution in [0.1, 0.15) is 12.5 Å². The number of rotatable bonds is 4. The van der Waals surface area contributed by atoms with E-state index < -0.39 is 0 Å². The van der Waals surface area contributed by atoms with Crippen LogP contribution in [0.3, 0.4) is 0 Å². The van der Waals surface area contributed by atoms with Crippen molar-refractivity contribution in [2.24, 2.45) is 0 Å². The Morgan fingerprint density at radius 3 is 2.75 bits per heavy atom. The molecule has 0 aliphatic carbocycles. The highest BCUT2D eigenvalue weighted by atomic mass is 16.6. The number of cyclic esters (lactones) is 1. The second-order valence-electron chi connectivity index (χ2n) is 3.72. The molecule has 1 aliphatic heterocycles. The minimum atomic E-state index is -0.323. The third-order valence-corrected chi connectivity index (χ3v) is 2.45. The lowest BCUT2D eigenvalue weighted by Crippen LogP contribution is -2.28. The fourth-order valence-electron chi connectivity index (χ4n) is 1.71. The molecular weight excluding hydrogens is 206 g/mol. The largest absolute Gasteiger partial charge is 0.494 e. The molecule has 0 radical (unpaired) electrons. The second-order valence-corrected chi connectivity index (χ2v) is 3.72. The number of nitrogens with one attached hydrogen (secondary N) is 1. The van der Waals surface area contributed by atoms with Crippen molar-refractivity contribution in [3.63, 3.8) is 0 Å². The number of alkyl carbamates (subject to hydrolysis) is 1. The van der Waals surface area contributed by atoms with Crippen LogP contribution in [0.25, 0.3) is 0 Å². The number of ether oxygens (including phenoxy) is 2. The van der Waals surface area contributed by atoms with Crippen molar-refractivity contribution in [1.82, 2.24) is 5.32 Å². The molecule has 0 unspecified atom stereocenters.